The topological polar surface area (TPSA) is 110 Å². The van der Waals surface area contributed by atoms with Gasteiger partial charge in [-0.05, 0) is 57.2 Å². The molecule has 2 N–H and O–H groups in total. The van der Waals surface area contributed by atoms with Crippen molar-refractivity contribution in [2.45, 2.75) is 20.8 Å². The molecule has 0 bridgehead atoms. The molecule has 0 atom stereocenters. The van der Waals surface area contributed by atoms with Gasteiger partial charge in [-0.25, -0.2) is 9.78 Å². The minimum absolute atomic E-state index is 0.115. The van der Waals surface area contributed by atoms with Crippen molar-refractivity contribution in [1.29, 1.82) is 0 Å². The highest BCUT2D eigenvalue weighted by Gasteiger charge is 2.16. The zero-order valence-electron chi connectivity index (χ0n) is 17.3. The first kappa shape index (κ1) is 22.7. The monoisotopic (exact) mass is 414 g/mol. The molecular weight excluding hydrogens is 388 g/mol. The molecule has 2 rings (SSSR count). The summed E-state index contributed by atoms with van der Waals surface area (Å²) >= 11 is 0. The summed E-state index contributed by atoms with van der Waals surface area (Å²) in [6.45, 7) is 7.36. The number of benzene rings is 1. The molecule has 160 valence electrons. The molecular formula is C21H26N4O5. The number of rotatable bonds is 9. The van der Waals surface area contributed by atoms with E-state index in [1.807, 2.05) is 12.1 Å². The molecule has 1 heterocycles. The van der Waals surface area contributed by atoms with Crippen LogP contribution in [0.1, 0.15) is 41.5 Å². The lowest BCUT2D eigenvalue weighted by atomic mass is 10.2. The van der Waals surface area contributed by atoms with Crippen LogP contribution >= 0.6 is 0 Å². The first-order valence-electron chi connectivity index (χ1n) is 9.69. The van der Waals surface area contributed by atoms with Crippen LogP contribution in [0.15, 0.2) is 42.6 Å². The SMILES string of the molecule is CCOc1ncccc1C(=O)OCC(=O)NNC(=O)c1ccc(N(CC)CC)cc1. The molecule has 0 aliphatic heterocycles. The van der Waals surface area contributed by atoms with Crippen molar-refractivity contribution in [3.63, 3.8) is 0 Å². The predicted octanol–water partition coefficient (Wildman–Crippen LogP) is 1.94. The highest BCUT2D eigenvalue weighted by atomic mass is 16.5. The summed E-state index contributed by atoms with van der Waals surface area (Å²) in [7, 11) is 0. The van der Waals surface area contributed by atoms with Crippen LogP contribution in [0.5, 0.6) is 5.88 Å². The number of amides is 2. The summed E-state index contributed by atoms with van der Waals surface area (Å²) in [6.07, 6.45) is 1.48. The van der Waals surface area contributed by atoms with E-state index >= 15 is 0 Å². The van der Waals surface area contributed by atoms with Crippen molar-refractivity contribution >= 4 is 23.5 Å². The molecule has 2 amide bonds. The molecule has 1 aromatic carbocycles. The van der Waals surface area contributed by atoms with Crippen LogP contribution in [-0.4, -0.2) is 49.1 Å². The van der Waals surface area contributed by atoms with E-state index in [1.165, 1.54) is 12.3 Å². The van der Waals surface area contributed by atoms with Gasteiger partial charge < -0.3 is 14.4 Å². The van der Waals surface area contributed by atoms with E-state index in [-0.39, 0.29) is 11.4 Å². The van der Waals surface area contributed by atoms with Crippen LogP contribution in [0.25, 0.3) is 0 Å². The van der Waals surface area contributed by atoms with E-state index in [9.17, 15) is 14.4 Å². The Balaban J connectivity index is 1.83. The smallest absolute Gasteiger partial charge is 0.344 e. The van der Waals surface area contributed by atoms with E-state index in [0.29, 0.717) is 12.2 Å². The average Bonchev–Trinajstić information content (AvgIpc) is 2.77. The zero-order valence-corrected chi connectivity index (χ0v) is 17.3. The first-order chi connectivity index (χ1) is 14.5. The number of hydrogen-bond acceptors (Lipinski definition) is 7. The third-order valence-corrected chi connectivity index (χ3v) is 4.18. The Hall–Kier alpha value is -3.62. The van der Waals surface area contributed by atoms with Crippen LogP contribution in [0, 0.1) is 0 Å². The number of carbonyl (C=O) groups excluding carboxylic acids is 3. The first-order valence-corrected chi connectivity index (χ1v) is 9.69. The molecule has 1 aromatic heterocycles. The lowest BCUT2D eigenvalue weighted by molar-refractivity contribution is -0.125. The normalized spacial score (nSPS) is 10.1. The number of anilines is 1. The number of ether oxygens (including phenoxy) is 2. The fourth-order valence-electron chi connectivity index (χ4n) is 2.65. The average molecular weight is 414 g/mol. The van der Waals surface area contributed by atoms with Crippen LogP contribution in [0.2, 0.25) is 0 Å². The van der Waals surface area contributed by atoms with Crippen LogP contribution < -0.4 is 20.5 Å². The van der Waals surface area contributed by atoms with Crippen molar-refractivity contribution in [3.8, 4) is 5.88 Å². The maximum Gasteiger partial charge on any atom is 0.344 e. The summed E-state index contributed by atoms with van der Waals surface area (Å²) in [6, 6.07) is 10.1. The number of pyridine rings is 1. The summed E-state index contributed by atoms with van der Waals surface area (Å²) in [5.74, 6) is -1.78. The minimum atomic E-state index is -0.750. The number of hydrogen-bond donors (Lipinski definition) is 2. The molecule has 9 nitrogen and oxygen atoms in total. The number of nitrogens with zero attached hydrogens (tertiary/aromatic N) is 2. The summed E-state index contributed by atoms with van der Waals surface area (Å²) in [5.41, 5.74) is 6.02. The van der Waals surface area contributed by atoms with Gasteiger partial charge in [0.15, 0.2) is 6.61 Å². The maximum atomic E-state index is 12.2. The third-order valence-electron chi connectivity index (χ3n) is 4.18. The van der Waals surface area contributed by atoms with Gasteiger partial charge in [-0.15, -0.1) is 0 Å². The molecule has 30 heavy (non-hydrogen) atoms. The van der Waals surface area contributed by atoms with Crippen LogP contribution in [-0.2, 0) is 9.53 Å². The van der Waals surface area contributed by atoms with Gasteiger partial charge in [0.2, 0.25) is 5.88 Å². The van der Waals surface area contributed by atoms with Gasteiger partial charge >= 0.3 is 5.97 Å². The number of nitrogens with one attached hydrogen (secondary N) is 2. The number of carbonyl (C=O) groups is 3. The number of aromatic nitrogens is 1. The van der Waals surface area contributed by atoms with Crippen LogP contribution in [0.3, 0.4) is 0 Å². The van der Waals surface area contributed by atoms with Gasteiger partial charge in [0.25, 0.3) is 11.8 Å². The van der Waals surface area contributed by atoms with E-state index in [2.05, 4.69) is 34.6 Å². The molecule has 0 aliphatic carbocycles. The quantitative estimate of drug-likeness (QED) is 0.477. The second kappa shape index (κ2) is 11.4. The van der Waals surface area contributed by atoms with Gasteiger partial charge in [-0.1, -0.05) is 0 Å². The Morgan fingerprint density at radius 2 is 1.70 bits per heavy atom. The fourth-order valence-corrected chi connectivity index (χ4v) is 2.65. The third kappa shape index (κ3) is 6.20. The Bertz CT molecular complexity index is 866. The van der Waals surface area contributed by atoms with Crippen molar-refractivity contribution in [2.75, 3.05) is 31.2 Å². The Labute approximate surface area is 175 Å². The van der Waals surface area contributed by atoms with Crippen molar-refractivity contribution < 1.29 is 23.9 Å². The molecule has 0 fully saturated rings. The summed E-state index contributed by atoms with van der Waals surface area (Å²) in [5, 5.41) is 0. The lowest BCUT2D eigenvalue weighted by Crippen LogP contribution is -2.43. The Morgan fingerprint density at radius 3 is 2.33 bits per heavy atom. The van der Waals surface area contributed by atoms with Crippen LogP contribution in [0.4, 0.5) is 5.69 Å². The van der Waals surface area contributed by atoms with E-state index in [1.54, 1.807) is 25.1 Å². The molecule has 0 saturated carbocycles. The summed E-state index contributed by atoms with van der Waals surface area (Å²) < 4.78 is 10.2. The highest BCUT2D eigenvalue weighted by molar-refractivity contribution is 5.96. The zero-order chi connectivity index (χ0) is 21.9. The van der Waals surface area contributed by atoms with Gasteiger partial charge in [-0.3, -0.25) is 20.4 Å². The van der Waals surface area contributed by atoms with E-state index < -0.39 is 24.4 Å². The van der Waals surface area contributed by atoms with Crippen molar-refractivity contribution in [1.82, 2.24) is 15.8 Å². The predicted molar refractivity (Wildman–Crippen MR) is 111 cm³/mol. The minimum Gasteiger partial charge on any atom is -0.477 e. The van der Waals surface area contributed by atoms with Crippen molar-refractivity contribution in [3.05, 3.63) is 53.7 Å². The largest absolute Gasteiger partial charge is 0.477 e. The Kier molecular flexibility index (Phi) is 8.61. The maximum absolute atomic E-state index is 12.2. The van der Waals surface area contributed by atoms with Crippen molar-refractivity contribution in [2.24, 2.45) is 0 Å². The molecule has 2 aromatic rings. The molecule has 0 unspecified atom stereocenters. The number of hydrazine groups is 1. The van der Waals surface area contributed by atoms with Gasteiger partial charge in [0.1, 0.15) is 5.56 Å². The second-order valence-electron chi connectivity index (χ2n) is 6.09. The Morgan fingerprint density at radius 1 is 1.00 bits per heavy atom. The fraction of sp³-hybridized carbons (Fsp3) is 0.333. The molecule has 0 radical (unpaired) electrons. The standard InChI is InChI=1S/C21H26N4O5/c1-4-25(5-2)16-11-9-15(10-12-16)19(27)24-23-18(26)14-30-21(28)17-8-7-13-22-20(17)29-6-3/h7-13H,4-6,14H2,1-3H3,(H,23,26)(H,24,27). The highest BCUT2D eigenvalue weighted by Crippen LogP contribution is 2.16. The van der Waals surface area contributed by atoms with E-state index in [0.717, 1.165) is 18.8 Å². The molecule has 0 aliphatic rings. The molecule has 9 heteroatoms. The second-order valence-corrected chi connectivity index (χ2v) is 6.09. The van der Waals surface area contributed by atoms with E-state index in [4.69, 9.17) is 9.47 Å². The lowest BCUT2D eigenvalue weighted by Gasteiger charge is -2.21. The number of esters is 1. The summed E-state index contributed by atoms with van der Waals surface area (Å²) in [4.78, 5) is 42.3. The molecule has 0 spiro atoms. The molecule has 0 saturated heterocycles. The van der Waals surface area contributed by atoms with Gasteiger partial charge in [-0.2, -0.15) is 0 Å². The van der Waals surface area contributed by atoms with Gasteiger partial charge in [0.05, 0.1) is 6.61 Å². The van der Waals surface area contributed by atoms with Gasteiger partial charge in [0, 0.05) is 30.5 Å².